The maximum atomic E-state index is 10.0. The fourth-order valence-electron chi connectivity index (χ4n) is 7.71. The minimum Gasteiger partial charge on any atom is -0.396 e. The lowest BCUT2D eigenvalue weighted by Crippen LogP contribution is -2.53. The van der Waals surface area contributed by atoms with E-state index in [0.29, 0.717) is 17.9 Å². The quantitative estimate of drug-likeness (QED) is 0.154. The van der Waals surface area contributed by atoms with Crippen LogP contribution in [-0.2, 0) is 9.53 Å². The molecular weight excluding hydrogens is 544 g/mol. The van der Waals surface area contributed by atoms with Crippen molar-refractivity contribution in [2.75, 3.05) is 6.61 Å². The van der Waals surface area contributed by atoms with Crippen molar-refractivity contribution in [2.45, 2.75) is 177 Å². The summed E-state index contributed by atoms with van der Waals surface area (Å²) in [7, 11) is 0. The van der Waals surface area contributed by atoms with Crippen LogP contribution >= 0.6 is 0 Å². The van der Waals surface area contributed by atoms with Gasteiger partial charge >= 0.3 is 0 Å². The molecule has 0 amide bonds. The Morgan fingerprint density at radius 2 is 1.39 bits per heavy atom. The molecule has 3 aliphatic carbocycles. The van der Waals surface area contributed by atoms with Crippen LogP contribution in [0.4, 0.5) is 0 Å². The number of rotatable bonds is 9. The van der Waals surface area contributed by atoms with Gasteiger partial charge in [-0.05, 0) is 167 Å². The van der Waals surface area contributed by atoms with Crippen LogP contribution in [0.2, 0.25) is 0 Å². The fourth-order valence-corrected chi connectivity index (χ4v) is 7.71. The molecule has 2 saturated heterocycles. The summed E-state index contributed by atoms with van der Waals surface area (Å²) in [5.41, 5.74) is 4.86. The molecule has 4 heteroatoms. The molecule has 0 aromatic heterocycles. The molecule has 4 atom stereocenters. The van der Waals surface area contributed by atoms with Crippen LogP contribution in [0.15, 0.2) is 34.9 Å². The number of fused-ring (bicyclic) bond motifs is 5. The molecule has 1 unspecified atom stereocenters. The average molecular weight is 617 g/mol. The average Bonchev–Trinajstić information content (AvgIpc) is 3.22. The van der Waals surface area contributed by atoms with Crippen molar-refractivity contribution >= 4 is 6.29 Å². The van der Waals surface area contributed by atoms with Gasteiger partial charge in [0.15, 0.2) is 0 Å². The van der Waals surface area contributed by atoms with E-state index < -0.39 is 0 Å². The zero-order valence-corrected chi connectivity index (χ0v) is 31.0. The van der Waals surface area contributed by atoms with Gasteiger partial charge in [0.25, 0.3) is 0 Å². The van der Waals surface area contributed by atoms with Gasteiger partial charge < -0.3 is 14.9 Å². The van der Waals surface area contributed by atoms with E-state index in [9.17, 15) is 9.90 Å². The van der Waals surface area contributed by atoms with Crippen molar-refractivity contribution in [1.82, 2.24) is 0 Å². The Morgan fingerprint density at radius 3 is 1.73 bits per heavy atom. The number of hydrogen-bond donors (Lipinski definition) is 2. The van der Waals surface area contributed by atoms with Crippen molar-refractivity contribution in [1.29, 1.82) is 0 Å². The van der Waals surface area contributed by atoms with E-state index in [2.05, 4.69) is 88.3 Å². The van der Waals surface area contributed by atoms with Gasteiger partial charge in [0.2, 0.25) is 0 Å². The van der Waals surface area contributed by atoms with Crippen molar-refractivity contribution in [2.24, 2.45) is 28.6 Å². The largest absolute Gasteiger partial charge is 0.396 e. The fraction of sp³-hybridized carbons (Fsp3) is 0.825. The molecule has 0 radical (unpaired) electrons. The summed E-state index contributed by atoms with van der Waals surface area (Å²) in [6.45, 7) is 26.6. The highest BCUT2D eigenvalue weighted by atomic mass is 16.5. The standard InChI is InChI=1S/2C10H18O.C10H20O.C10H16O/c1-9(2)8-4-6-10(3,11-9)7-5-8;1-9(2)7-4-5-10(9,3)8(11)6-7;2*1-9(2)5-4-6-10(3)7-8-11/h8H,4-7H2,1-3H3;7-8,11H,4-6H2,1-3H3;5,10-11H,4,6-8H2,1-3H3;5,7-8H,4,6H2,1-3H3/t;7-,8+,10+;;/m.1../s1. The van der Waals surface area contributed by atoms with E-state index in [0.717, 1.165) is 55.8 Å². The van der Waals surface area contributed by atoms with Crippen LogP contribution in [-0.4, -0.2) is 40.4 Å². The molecule has 44 heavy (non-hydrogen) atoms. The number of aliphatic hydroxyl groups excluding tert-OH is 2. The summed E-state index contributed by atoms with van der Waals surface area (Å²) in [5, 5.41) is 18.4. The van der Waals surface area contributed by atoms with Gasteiger partial charge in [-0.1, -0.05) is 56.6 Å². The van der Waals surface area contributed by atoms with E-state index in [4.69, 9.17) is 9.84 Å². The van der Waals surface area contributed by atoms with E-state index in [-0.39, 0.29) is 22.7 Å². The molecule has 256 valence electrons. The second-order valence-corrected chi connectivity index (χ2v) is 16.5. The summed E-state index contributed by atoms with van der Waals surface area (Å²) >= 11 is 0. The highest BCUT2D eigenvalue weighted by molar-refractivity contribution is 5.65. The lowest BCUT2D eigenvalue weighted by molar-refractivity contribution is -0.229. The first-order chi connectivity index (χ1) is 20.3. The molecular formula is C40H72O4. The molecule has 4 bridgehead atoms. The summed E-state index contributed by atoms with van der Waals surface area (Å²) in [5.74, 6) is 2.27. The van der Waals surface area contributed by atoms with Crippen LogP contribution < -0.4 is 0 Å². The number of carbonyl (C=O) groups excluding carboxylic acids is 1. The molecule has 4 nitrogen and oxygen atoms in total. The zero-order valence-electron chi connectivity index (χ0n) is 31.0. The lowest BCUT2D eigenvalue weighted by Gasteiger charge is -2.54. The molecule has 3 saturated carbocycles. The Kier molecular flexibility index (Phi) is 16.9. The molecule has 0 spiro atoms. The van der Waals surface area contributed by atoms with Gasteiger partial charge in [0, 0.05) is 6.61 Å². The van der Waals surface area contributed by atoms with Gasteiger partial charge in [-0.15, -0.1) is 0 Å². The summed E-state index contributed by atoms with van der Waals surface area (Å²) in [4.78, 5) is 10.0. The van der Waals surface area contributed by atoms with Crippen LogP contribution in [0.3, 0.4) is 0 Å². The van der Waals surface area contributed by atoms with E-state index in [1.807, 2.05) is 6.92 Å². The van der Waals surface area contributed by atoms with Crippen molar-refractivity contribution in [3.63, 3.8) is 0 Å². The van der Waals surface area contributed by atoms with Crippen LogP contribution in [0.1, 0.15) is 160 Å². The van der Waals surface area contributed by atoms with Gasteiger partial charge in [-0.2, -0.15) is 0 Å². The predicted octanol–water partition coefficient (Wildman–Crippen LogP) is 10.6. The van der Waals surface area contributed by atoms with Crippen LogP contribution in [0.25, 0.3) is 0 Å². The highest BCUT2D eigenvalue weighted by Crippen LogP contribution is 2.65. The minimum absolute atomic E-state index is 0.0313. The SMILES string of the molecule is CC(C)=CCCC(C)=CC=O.CC(C)=CCCC(C)CCO.CC1(C)[C@@H]2CC[C@@]1(C)[C@@H](O)C2.CC12CCC(CC1)C(C)(C)O2. The van der Waals surface area contributed by atoms with Crippen LogP contribution in [0, 0.1) is 28.6 Å². The maximum absolute atomic E-state index is 10.0. The van der Waals surface area contributed by atoms with Crippen LogP contribution in [0.5, 0.6) is 0 Å². The Bertz CT molecular complexity index is 936. The Balaban J connectivity index is 0.000000293. The number of carbonyl (C=O) groups is 1. The third-order valence-electron chi connectivity index (χ3n) is 11.6. The lowest BCUT2D eigenvalue weighted by atomic mass is 9.69. The molecule has 2 heterocycles. The summed E-state index contributed by atoms with van der Waals surface area (Å²) in [6.07, 6.45) is 21.1. The summed E-state index contributed by atoms with van der Waals surface area (Å²) in [6, 6.07) is 0. The van der Waals surface area contributed by atoms with E-state index in [1.165, 1.54) is 56.1 Å². The highest BCUT2D eigenvalue weighted by Gasteiger charge is 2.60. The topological polar surface area (TPSA) is 66.8 Å². The number of allylic oxidation sites excluding steroid dienone is 6. The first-order valence-electron chi connectivity index (χ1n) is 17.7. The van der Waals surface area contributed by atoms with Crippen molar-refractivity contribution < 1.29 is 19.7 Å². The van der Waals surface area contributed by atoms with Crippen molar-refractivity contribution in [3.05, 3.63) is 34.9 Å². The number of aliphatic hydroxyl groups is 2. The number of hydrogen-bond acceptors (Lipinski definition) is 4. The van der Waals surface area contributed by atoms with Gasteiger partial charge in [-0.3, -0.25) is 4.79 Å². The Labute approximate surface area is 273 Å². The second kappa shape index (κ2) is 18.2. The third kappa shape index (κ3) is 12.5. The molecule has 0 aromatic carbocycles. The second-order valence-electron chi connectivity index (χ2n) is 16.5. The first-order valence-corrected chi connectivity index (χ1v) is 17.7. The predicted molar refractivity (Wildman–Crippen MR) is 189 cm³/mol. The maximum Gasteiger partial charge on any atom is 0.142 e. The monoisotopic (exact) mass is 617 g/mol. The van der Waals surface area contributed by atoms with E-state index >= 15 is 0 Å². The number of aldehydes is 1. The van der Waals surface area contributed by atoms with Crippen molar-refractivity contribution in [3.8, 4) is 0 Å². The molecule has 5 aliphatic rings. The van der Waals surface area contributed by atoms with E-state index in [1.54, 1.807) is 6.08 Å². The van der Waals surface area contributed by atoms with Gasteiger partial charge in [-0.25, -0.2) is 0 Å². The number of ether oxygens (including phenoxy) is 1. The van der Waals surface area contributed by atoms with Gasteiger partial charge in [0.05, 0.1) is 17.3 Å². The first kappa shape index (κ1) is 40.8. The molecule has 0 aromatic rings. The molecule has 2 N–H and O–H groups in total. The Hall–Kier alpha value is -1.23. The molecule has 5 fully saturated rings. The zero-order chi connectivity index (χ0) is 33.8. The van der Waals surface area contributed by atoms with Gasteiger partial charge in [0.1, 0.15) is 6.29 Å². The smallest absolute Gasteiger partial charge is 0.142 e. The Morgan fingerprint density at radius 1 is 0.841 bits per heavy atom. The third-order valence-corrected chi connectivity index (χ3v) is 11.6. The minimum atomic E-state index is -0.0313. The summed E-state index contributed by atoms with van der Waals surface area (Å²) < 4.78 is 6.06. The normalized spacial score (nSPS) is 31.2. The molecule has 2 aliphatic heterocycles. The molecule has 5 rings (SSSR count).